The molecule has 0 saturated carbocycles. The molecule has 0 fully saturated rings. The van der Waals surface area contributed by atoms with Crippen LogP contribution in [0.2, 0.25) is 0 Å². The average molecular weight is 245 g/mol. The van der Waals surface area contributed by atoms with Crippen molar-refractivity contribution in [3.8, 4) is 0 Å². The van der Waals surface area contributed by atoms with Crippen LogP contribution in [0, 0.1) is 13.8 Å². The largest absolute Gasteiger partial charge is 0.481 e. The first-order valence-electron chi connectivity index (χ1n) is 6.12. The Balaban J connectivity index is 2.63. The van der Waals surface area contributed by atoms with Crippen LogP contribution in [0.25, 0.3) is 10.9 Å². The normalized spacial score (nSPS) is 12.0. The van der Waals surface area contributed by atoms with Gasteiger partial charge in [-0.25, -0.2) is 0 Å². The minimum atomic E-state index is -0.763. The van der Waals surface area contributed by atoms with Crippen LogP contribution < -0.4 is 0 Å². The zero-order valence-corrected chi connectivity index (χ0v) is 11.3. The van der Waals surface area contributed by atoms with Gasteiger partial charge in [-0.1, -0.05) is 26.0 Å². The molecule has 0 unspecified atom stereocenters. The van der Waals surface area contributed by atoms with Crippen molar-refractivity contribution in [1.29, 1.82) is 0 Å². The van der Waals surface area contributed by atoms with Crippen LogP contribution in [0.5, 0.6) is 0 Å². The first kappa shape index (κ1) is 12.7. The van der Waals surface area contributed by atoms with Crippen molar-refractivity contribution in [3.05, 3.63) is 35.0 Å². The summed E-state index contributed by atoms with van der Waals surface area (Å²) in [7, 11) is 0. The molecule has 3 heteroatoms. The van der Waals surface area contributed by atoms with Crippen molar-refractivity contribution in [2.75, 3.05) is 0 Å². The van der Waals surface area contributed by atoms with Gasteiger partial charge in [-0.3, -0.25) is 4.79 Å². The minimum Gasteiger partial charge on any atom is -0.481 e. The molecule has 0 radical (unpaired) electrons. The monoisotopic (exact) mass is 245 g/mol. The predicted octanol–water partition coefficient (Wildman–Crippen LogP) is 3.54. The van der Waals surface area contributed by atoms with Crippen molar-refractivity contribution >= 4 is 16.9 Å². The van der Waals surface area contributed by atoms with Gasteiger partial charge in [-0.05, 0) is 31.0 Å². The standard InChI is InChI=1S/C15H19NO2/c1-9-5-6-11-12(7-9)16-10(2)14(11)15(3,4)8-13(17)18/h5-7,16H,8H2,1-4H3,(H,17,18). The number of hydrogen-bond donors (Lipinski definition) is 2. The smallest absolute Gasteiger partial charge is 0.304 e. The number of carboxylic acids is 1. The first-order chi connectivity index (χ1) is 8.31. The van der Waals surface area contributed by atoms with Crippen LogP contribution >= 0.6 is 0 Å². The summed E-state index contributed by atoms with van der Waals surface area (Å²) in [6, 6.07) is 6.24. The van der Waals surface area contributed by atoms with Gasteiger partial charge in [-0.2, -0.15) is 0 Å². The highest BCUT2D eigenvalue weighted by Gasteiger charge is 2.28. The summed E-state index contributed by atoms with van der Waals surface area (Å²) < 4.78 is 0. The second-order valence-electron chi connectivity index (χ2n) is 5.63. The highest BCUT2D eigenvalue weighted by atomic mass is 16.4. The molecule has 0 amide bonds. The Morgan fingerprint density at radius 2 is 2.00 bits per heavy atom. The molecule has 0 bridgehead atoms. The fourth-order valence-corrected chi connectivity index (χ4v) is 2.78. The van der Waals surface area contributed by atoms with Crippen molar-refractivity contribution in [1.82, 2.24) is 4.98 Å². The van der Waals surface area contributed by atoms with Gasteiger partial charge in [0.1, 0.15) is 0 Å². The molecule has 1 heterocycles. The third-order valence-electron chi connectivity index (χ3n) is 3.41. The second kappa shape index (κ2) is 4.16. The van der Waals surface area contributed by atoms with E-state index in [0.29, 0.717) is 0 Å². The van der Waals surface area contributed by atoms with Gasteiger partial charge < -0.3 is 10.1 Å². The maximum Gasteiger partial charge on any atom is 0.304 e. The van der Waals surface area contributed by atoms with Crippen LogP contribution in [-0.2, 0) is 10.2 Å². The quantitative estimate of drug-likeness (QED) is 0.869. The van der Waals surface area contributed by atoms with Crippen LogP contribution in [0.15, 0.2) is 18.2 Å². The Labute approximate surface area is 107 Å². The number of aromatic amines is 1. The summed E-state index contributed by atoms with van der Waals surface area (Å²) in [6.45, 7) is 8.03. The molecule has 96 valence electrons. The number of carboxylic acid groups (broad SMARTS) is 1. The van der Waals surface area contributed by atoms with Gasteiger partial charge in [0, 0.05) is 22.0 Å². The zero-order valence-electron chi connectivity index (χ0n) is 11.3. The van der Waals surface area contributed by atoms with E-state index in [9.17, 15) is 4.79 Å². The number of rotatable bonds is 3. The van der Waals surface area contributed by atoms with E-state index in [4.69, 9.17) is 5.11 Å². The van der Waals surface area contributed by atoms with Gasteiger partial charge >= 0.3 is 5.97 Å². The number of aromatic nitrogens is 1. The second-order valence-corrected chi connectivity index (χ2v) is 5.63. The lowest BCUT2D eigenvalue weighted by atomic mass is 9.80. The van der Waals surface area contributed by atoms with E-state index in [2.05, 4.69) is 30.1 Å². The predicted molar refractivity (Wildman–Crippen MR) is 73.1 cm³/mol. The molecule has 0 aliphatic rings. The fraction of sp³-hybridized carbons (Fsp3) is 0.400. The molecule has 0 saturated heterocycles. The molecule has 0 spiro atoms. The van der Waals surface area contributed by atoms with E-state index in [-0.39, 0.29) is 11.8 Å². The fourth-order valence-electron chi connectivity index (χ4n) is 2.78. The Kier molecular flexibility index (Phi) is 2.93. The lowest BCUT2D eigenvalue weighted by Gasteiger charge is -2.23. The number of fused-ring (bicyclic) bond motifs is 1. The third-order valence-corrected chi connectivity index (χ3v) is 3.41. The molecule has 2 N–H and O–H groups in total. The Morgan fingerprint density at radius 1 is 1.33 bits per heavy atom. The Hall–Kier alpha value is -1.77. The molecule has 2 rings (SSSR count). The van der Waals surface area contributed by atoms with E-state index in [0.717, 1.165) is 22.2 Å². The number of H-pyrrole nitrogens is 1. The van der Waals surface area contributed by atoms with Crippen molar-refractivity contribution < 1.29 is 9.90 Å². The average Bonchev–Trinajstić information content (AvgIpc) is 2.51. The van der Waals surface area contributed by atoms with Crippen LogP contribution in [0.3, 0.4) is 0 Å². The molecule has 3 nitrogen and oxygen atoms in total. The number of aliphatic carboxylic acids is 1. The topological polar surface area (TPSA) is 53.1 Å². The van der Waals surface area contributed by atoms with E-state index in [1.165, 1.54) is 5.56 Å². The molecule has 1 aromatic carbocycles. The highest BCUT2D eigenvalue weighted by Crippen LogP contribution is 2.36. The third kappa shape index (κ3) is 2.13. The van der Waals surface area contributed by atoms with E-state index in [1.54, 1.807) is 0 Å². The summed E-state index contributed by atoms with van der Waals surface area (Å²) in [5, 5.41) is 10.2. The van der Waals surface area contributed by atoms with E-state index in [1.807, 2.05) is 20.8 Å². The molecule has 18 heavy (non-hydrogen) atoms. The van der Waals surface area contributed by atoms with Crippen molar-refractivity contribution in [2.45, 2.75) is 39.5 Å². The van der Waals surface area contributed by atoms with E-state index >= 15 is 0 Å². The van der Waals surface area contributed by atoms with Gasteiger partial charge in [0.15, 0.2) is 0 Å². The lowest BCUT2D eigenvalue weighted by Crippen LogP contribution is -2.22. The van der Waals surface area contributed by atoms with Gasteiger partial charge in [0.25, 0.3) is 0 Å². The zero-order chi connectivity index (χ0) is 13.5. The van der Waals surface area contributed by atoms with Crippen LogP contribution in [0.1, 0.15) is 37.1 Å². The molecule has 0 aliphatic carbocycles. The van der Waals surface area contributed by atoms with Crippen molar-refractivity contribution in [3.63, 3.8) is 0 Å². The maximum absolute atomic E-state index is 11.0. The summed E-state index contributed by atoms with van der Waals surface area (Å²) in [6.07, 6.45) is 0.134. The molecule has 0 aliphatic heterocycles. The Bertz CT molecular complexity index is 608. The SMILES string of the molecule is Cc1ccc2c(C(C)(C)CC(=O)O)c(C)[nH]c2c1. The first-order valence-corrected chi connectivity index (χ1v) is 6.12. The van der Waals surface area contributed by atoms with Crippen molar-refractivity contribution in [2.24, 2.45) is 0 Å². The summed E-state index contributed by atoms with van der Waals surface area (Å²) in [4.78, 5) is 14.4. The number of hydrogen-bond acceptors (Lipinski definition) is 1. The number of aryl methyl sites for hydroxylation is 2. The van der Waals surface area contributed by atoms with E-state index < -0.39 is 5.97 Å². The van der Waals surface area contributed by atoms with Crippen LogP contribution in [0.4, 0.5) is 0 Å². The molecular formula is C15H19NO2. The number of benzene rings is 1. The summed E-state index contributed by atoms with van der Waals surface area (Å²) in [5.41, 5.74) is 4.08. The van der Waals surface area contributed by atoms with Gasteiger partial charge in [0.2, 0.25) is 0 Å². The number of carbonyl (C=O) groups is 1. The highest BCUT2D eigenvalue weighted by molar-refractivity contribution is 5.87. The number of nitrogens with one attached hydrogen (secondary N) is 1. The van der Waals surface area contributed by atoms with Gasteiger partial charge in [0.05, 0.1) is 6.42 Å². The molecule has 1 aromatic heterocycles. The molecular weight excluding hydrogens is 226 g/mol. The maximum atomic E-state index is 11.0. The van der Waals surface area contributed by atoms with Crippen LogP contribution in [-0.4, -0.2) is 16.1 Å². The molecule has 0 atom stereocenters. The molecule has 2 aromatic rings. The minimum absolute atomic E-state index is 0.134. The lowest BCUT2D eigenvalue weighted by molar-refractivity contribution is -0.138. The summed E-state index contributed by atoms with van der Waals surface area (Å²) >= 11 is 0. The summed E-state index contributed by atoms with van der Waals surface area (Å²) in [5.74, 6) is -0.763. The van der Waals surface area contributed by atoms with Gasteiger partial charge in [-0.15, -0.1) is 0 Å². The Morgan fingerprint density at radius 3 is 2.61 bits per heavy atom.